The van der Waals surface area contributed by atoms with Crippen LogP contribution in [0.4, 0.5) is 0 Å². The van der Waals surface area contributed by atoms with Crippen molar-refractivity contribution in [2.24, 2.45) is 0 Å². The van der Waals surface area contributed by atoms with Gasteiger partial charge in [0.1, 0.15) is 5.65 Å². The molecule has 3 aromatic rings. The zero-order valence-electron chi connectivity index (χ0n) is 9.30. The van der Waals surface area contributed by atoms with Gasteiger partial charge in [0.2, 0.25) is 0 Å². The summed E-state index contributed by atoms with van der Waals surface area (Å²) < 4.78 is 2.02. The van der Waals surface area contributed by atoms with E-state index in [0.717, 1.165) is 30.1 Å². The average molecular weight is 227 g/mol. The maximum absolute atomic E-state index is 4.51. The molecule has 0 radical (unpaired) electrons. The molecule has 0 saturated carbocycles. The van der Waals surface area contributed by atoms with E-state index in [-0.39, 0.29) is 0 Å². The molecular formula is C12H13N5. The third-order valence-corrected chi connectivity index (χ3v) is 2.59. The van der Waals surface area contributed by atoms with Gasteiger partial charge in [-0.05, 0) is 18.2 Å². The third-order valence-electron chi connectivity index (χ3n) is 2.59. The minimum atomic E-state index is 0.751. The second kappa shape index (κ2) is 4.39. The maximum Gasteiger partial charge on any atom is 0.137 e. The zero-order valence-corrected chi connectivity index (χ0v) is 9.30. The Labute approximate surface area is 98.5 Å². The topological polar surface area (TPSA) is 58.0 Å². The summed E-state index contributed by atoms with van der Waals surface area (Å²) in [5.74, 6) is 0. The molecule has 0 aliphatic heterocycles. The fraction of sp³-hybridized carbons (Fsp3) is 0.167. The van der Waals surface area contributed by atoms with E-state index in [2.05, 4.69) is 20.5 Å². The van der Waals surface area contributed by atoms with Crippen molar-refractivity contribution in [3.05, 3.63) is 54.2 Å². The van der Waals surface area contributed by atoms with Gasteiger partial charge in [-0.2, -0.15) is 5.10 Å². The summed E-state index contributed by atoms with van der Waals surface area (Å²) >= 11 is 0. The van der Waals surface area contributed by atoms with E-state index >= 15 is 0 Å². The van der Waals surface area contributed by atoms with Crippen LogP contribution >= 0.6 is 0 Å². The highest BCUT2D eigenvalue weighted by atomic mass is 15.1. The van der Waals surface area contributed by atoms with Gasteiger partial charge in [0.25, 0.3) is 0 Å². The minimum Gasteiger partial charge on any atom is -0.307 e. The standard InChI is InChI=1S/C12H13N5/c1-2-6-17-9-11(15-12(17)3-1)8-13-7-10-4-5-14-16-10/h1-6,9,13H,7-8H2,(H,14,16). The molecule has 0 fully saturated rings. The van der Waals surface area contributed by atoms with Crippen LogP contribution in [0.2, 0.25) is 0 Å². The number of H-pyrrole nitrogens is 1. The van der Waals surface area contributed by atoms with Crippen molar-refractivity contribution in [3.8, 4) is 0 Å². The molecule has 5 nitrogen and oxygen atoms in total. The van der Waals surface area contributed by atoms with Crippen molar-refractivity contribution in [2.45, 2.75) is 13.1 Å². The fourth-order valence-corrected chi connectivity index (χ4v) is 1.78. The lowest BCUT2D eigenvalue weighted by Gasteiger charge is -1.98. The van der Waals surface area contributed by atoms with E-state index in [4.69, 9.17) is 0 Å². The van der Waals surface area contributed by atoms with Gasteiger partial charge in [0.05, 0.1) is 5.69 Å². The van der Waals surface area contributed by atoms with Gasteiger partial charge < -0.3 is 9.72 Å². The molecule has 3 rings (SSSR count). The highest BCUT2D eigenvalue weighted by Crippen LogP contribution is 2.04. The smallest absolute Gasteiger partial charge is 0.137 e. The second-order valence-electron chi connectivity index (χ2n) is 3.88. The lowest BCUT2D eigenvalue weighted by molar-refractivity contribution is 0.668. The van der Waals surface area contributed by atoms with E-state index < -0.39 is 0 Å². The number of nitrogens with zero attached hydrogens (tertiary/aromatic N) is 3. The van der Waals surface area contributed by atoms with E-state index in [0.29, 0.717) is 0 Å². The molecule has 0 bridgehead atoms. The van der Waals surface area contributed by atoms with Gasteiger partial charge >= 0.3 is 0 Å². The molecule has 17 heavy (non-hydrogen) atoms. The molecule has 0 aliphatic rings. The first-order valence-electron chi connectivity index (χ1n) is 5.53. The van der Waals surface area contributed by atoms with Gasteiger partial charge in [-0.25, -0.2) is 4.98 Å². The molecule has 0 spiro atoms. The van der Waals surface area contributed by atoms with Crippen molar-refractivity contribution in [2.75, 3.05) is 0 Å². The summed E-state index contributed by atoms with van der Waals surface area (Å²) in [7, 11) is 0. The van der Waals surface area contributed by atoms with Gasteiger partial charge in [-0.1, -0.05) is 6.07 Å². The van der Waals surface area contributed by atoms with E-state index in [1.165, 1.54) is 0 Å². The summed E-state index contributed by atoms with van der Waals surface area (Å²) in [5, 5.41) is 10.1. The minimum absolute atomic E-state index is 0.751. The van der Waals surface area contributed by atoms with Gasteiger partial charge in [0.15, 0.2) is 0 Å². The Kier molecular flexibility index (Phi) is 2.59. The molecule has 5 heteroatoms. The molecule has 0 aromatic carbocycles. The van der Waals surface area contributed by atoms with Crippen LogP contribution < -0.4 is 5.32 Å². The number of hydrogen-bond acceptors (Lipinski definition) is 3. The summed E-state index contributed by atoms with van der Waals surface area (Å²) in [6.45, 7) is 1.52. The maximum atomic E-state index is 4.51. The van der Waals surface area contributed by atoms with Crippen LogP contribution in [0.1, 0.15) is 11.4 Å². The molecule has 3 aromatic heterocycles. The first-order chi connectivity index (χ1) is 8.42. The predicted molar refractivity (Wildman–Crippen MR) is 64.3 cm³/mol. The summed E-state index contributed by atoms with van der Waals surface area (Å²) in [4.78, 5) is 4.51. The number of hydrogen-bond donors (Lipinski definition) is 2. The highest BCUT2D eigenvalue weighted by Gasteiger charge is 2.00. The van der Waals surface area contributed by atoms with Gasteiger partial charge in [0, 0.05) is 37.4 Å². The van der Waals surface area contributed by atoms with Crippen LogP contribution in [0.25, 0.3) is 5.65 Å². The Morgan fingerprint density at radius 3 is 3.06 bits per heavy atom. The average Bonchev–Trinajstić information content (AvgIpc) is 2.96. The van der Waals surface area contributed by atoms with E-state index in [1.807, 2.05) is 41.1 Å². The fourth-order valence-electron chi connectivity index (χ4n) is 1.78. The molecule has 0 saturated heterocycles. The summed E-state index contributed by atoms with van der Waals surface area (Å²) in [6.07, 6.45) is 5.79. The summed E-state index contributed by atoms with van der Waals surface area (Å²) in [6, 6.07) is 7.94. The van der Waals surface area contributed by atoms with Crippen LogP contribution in [-0.4, -0.2) is 19.6 Å². The Morgan fingerprint density at radius 2 is 2.24 bits per heavy atom. The number of aromatic nitrogens is 4. The SMILES string of the molecule is c1ccn2cc(CNCc3ccn[nH]3)nc2c1. The normalized spacial score (nSPS) is 11.1. The van der Waals surface area contributed by atoms with Gasteiger partial charge in [-0.15, -0.1) is 0 Å². The van der Waals surface area contributed by atoms with Crippen LogP contribution in [0, 0.1) is 0 Å². The number of nitrogens with one attached hydrogen (secondary N) is 2. The van der Waals surface area contributed by atoms with Crippen LogP contribution in [-0.2, 0) is 13.1 Å². The summed E-state index contributed by atoms with van der Waals surface area (Å²) in [5.41, 5.74) is 3.09. The van der Waals surface area contributed by atoms with Crippen LogP contribution in [0.15, 0.2) is 42.9 Å². The first-order valence-corrected chi connectivity index (χ1v) is 5.53. The Balaban J connectivity index is 1.65. The van der Waals surface area contributed by atoms with Crippen LogP contribution in [0.5, 0.6) is 0 Å². The number of pyridine rings is 1. The number of aromatic amines is 1. The van der Waals surface area contributed by atoms with E-state index in [1.54, 1.807) is 6.20 Å². The molecule has 2 N–H and O–H groups in total. The number of fused-ring (bicyclic) bond motifs is 1. The number of rotatable bonds is 4. The Morgan fingerprint density at radius 1 is 1.24 bits per heavy atom. The molecule has 0 aliphatic carbocycles. The number of imidazole rings is 1. The van der Waals surface area contributed by atoms with Crippen molar-refractivity contribution in [3.63, 3.8) is 0 Å². The van der Waals surface area contributed by atoms with Crippen molar-refractivity contribution in [1.82, 2.24) is 24.9 Å². The Hall–Kier alpha value is -2.14. The van der Waals surface area contributed by atoms with Crippen LogP contribution in [0.3, 0.4) is 0 Å². The lowest BCUT2D eigenvalue weighted by Crippen LogP contribution is -2.13. The van der Waals surface area contributed by atoms with Crippen molar-refractivity contribution < 1.29 is 0 Å². The Bertz CT molecular complexity index is 563. The first kappa shape index (κ1) is 10.0. The highest BCUT2D eigenvalue weighted by molar-refractivity contribution is 5.39. The van der Waals surface area contributed by atoms with Crippen molar-refractivity contribution in [1.29, 1.82) is 0 Å². The molecular weight excluding hydrogens is 214 g/mol. The van der Waals surface area contributed by atoms with Gasteiger partial charge in [-0.3, -0.25) is 5.10 Å². The quantitative estimate of drug-likeness (QED) is 0.707. The zero-order chi connectivity index (χ0) is 11.5. The van der Waals surface area contributed by atoms with Crippen molar-refractivity contribution >= 4 is 5.65 Å². The third kappa shape index (κ3) is 2.19. The molecule has 0 unspecified atom stereocenters. The second-order valence-corrected chi connectivity index (χ2v) is 3.88. The van der Waals surface area contributed by atoms with E-state index in [9.17, 15) is 0 Å². The molecule has 0 amide bonds. The molecule has 0 atom stereocenters. The predicted octanol–water partition coefficient (Wildman–Crippen LogP) is 1.35. The monoisotopic (exact) mass is 227 g/mol. The largest absolute Gasteiger partial charge is 0.307 e. The molecule has 3 heterocycles. The lowest BCUT2D eigenvalue weighted by atomic mass is 10.4. The molecule has 86 valence electrons.